The third kappa shape index (κ3) is 3.26. The monoisotopic (exact) mass is 433 g/mol. The van der Waals surface area contributed by atoms with Gasteiger partial charge in [-0.3, -0.25) is 10.1 Å². The van der Waals surface area contributed by atoms with Crippen molar-refractivity contribution in [1.82, 2.24) is 9.78 Å². The van der Waals surface area contributed by atoms with E-state index in [9.17, 15) is 20.5 Å². The predicted molar refractivity (Wildman–Crippen MR) is 114 cm³/mol. The maximum atomic E-state index is 11.6. The molecule has 162 valence electrons. The number of nitriles is 1. The minimum Gasteiger partial charge on any atom is -0.500 e. The number of benzene rings is 2. The van der Waals surface area contributed by atoms with Gasteiger partial charge in [-0.2, -0.15) is 10.4 Å². The summed E-state index contributed by atoms with van der Waals surface area (Å²) in [6.07, 6.45) is 0. The molecule has 0 aliphatic carbocycles. The van der Waals surface area contributed by atoms with Crippen molar-refractivity contribution in [2.45, 2.75) is 19.8 Å². The van der Waals surface area contributed by atoms with Crippen LogP contribution in [0.2, 0.25) is 0 Å². The summed E-state index contributed by atoms with van der Waals surface area (Å²) in [6.45, 7) is 3.63. The van der Waals surface area contributed by atoms with Gasteiger partial charge in [0.1, 0.15) is 11.6 Å². The molecule has 1 aromatic heterocycles. The maximum absolute atomic E-state index is 11.6. The molecule has 3 N–H and O–H groups in total. The molecule has 4 rings (SSSR count). The summed E-state index contributed by atoms with van der Waals surface area (Å²) in [7, 11) is 0. The van der Waals surface area contributed by atoms with Gasteiger partial charge in [-0.25, -0.2) is 4.68 Å². The topological polar surface area (TPSA) is 149 Å². The SMILES string of the molecule is CCOc1cc(C2C(C#N)=C(N)Oc3c2c(C)nn3-c2ccccc2)cc([N+](=O)[O-])c1O. The standard InChI is InChI=1S/C22H19N5O5/c1-3-31-17-10-13(9-16(20(17)28)27(29)30)19-15(11-23)21(24)32-22-18(19)12(2)25-26(22)14-7-5-4-6-8-14/h4-10,19,28H,3,24H2,1-2H3. The first kappa shape index (κ1) is 20.7. The van der Waals surface area contributed by atoms with E-state index in [1.165, 1.54) is 12.1 Å². The lowest BCUT2D eigenvalue weighted by Gasteiger charge is -2.25. The van der Waals surface area contributed by atoms with Gasteiger partial charge in [0, 0.05) is 6.07 Å². The van der Waals surface area contributed by atoms with Crippen molar-refractivity contribution in [1.29, 1.82) is 5.26 Å². The molecule has 0 spiro atoms. The lowest BCUT2D eigenvalue weighted by Crippen LogP contribution is -2.22. The number of allylic oxidation sites excluding steroid dienone is 1. The Morgan fingerprint density at radius 1 is 1.38 bits per heavy atom. The van der Waals surface area contributed by atoms with Gasteiger partial charge in [-0.05, 0) is 37.6 Å². The average Bonchev–Trinajstić information content (AvgIpc) is 3.10. The molecule has 0 saturated carbocycles. The molecule has 10 nitrogen and oxygen atoms in total. The summed E-state index contributed by atoms with van der Waals surface area (Å²) in [5, 5.41) is 36.2. The molecule has 0 radical (unpaired) electrons. The van der Waals surface area contributed by atoms with Gasteiger partial charge in [0.25, 0.3) is 0 Å². The number of nitrogens with two attached hydrogens (primary N) is 1. The van der Waals surface area contributed by atoms with Crippen LogP contribution in [0.3, 0.4) is 0 Å². The number of nitro benzene ring substituents is 1. The van der Waals surface area contributed by atoms with E-state index >= 15 is 0 Å². The van der Waals surface area contributed by atoms with Gasteiger partial charge < -0.3 is 20.3 Å². The fourth-order valence-corrected chi connectivity index (χ4v) is 3.78. The van der Waals surface area contributed by atoms with Crippen molar-refractivity contribution in [3.8, 4) is 29.1 Å². The zero-order chi connectivity index (χ0) is 23.0. The third-order valence-corrected chi connectivity index (χ3v) is 5.14. The molecule has 3 aromatic rings. The van der Waals surface area contributed by atoms with Crippen LogP contribution in [-0.4, -0.2) is 26.4 Å². The Balaban J connectivity index is 1.99. The van der Waals surface area contributed by atoms with Crippen LogP contribution in [0.5, 0.6) is 17.4 Å². The lowest BCUT2D eigenvalue weighted by molar-refractivity contribution is -0.386. The van der Waals surface area contributed by atoms with Crippen LogP contribution in [0.25, 0.3) is 5.69 Å². The molecule has 1 atom stereocenters. The normalized spacial score (nSPS) is 15.0. The lowest BCUT2D eigenvalue weighted by atomic mass is 9.83. The van der Waals surface area contributed by atoms with Gasteiger partial charge >= 0.3 is 5.69 Å². The zero-order valence-electron chi connectivity index (χ0n) is 17.3. The number of hydrogen-bond acceptors (Lipinski definition) is 8. The molecular weight excluding hydrogens is 414 g/mol. The Morgan fingerprint density at radius 2 is 2.09 bits per heavy atom. The number of para-hydroxylation sites is 1. The van der Waals surface area contributed by atoms with E-state index in [-0.39, 0.29) is 23.8 Å². The van der Waals surface area contributed by atoms with E-state index in [1.54, 1.807) is 18.5 Å². The van der Waals surface area contributed by atoms with E-state index in [2.05, 4.69) is 11.2 Å². The van der Waals surface area contributed by atoms with E-state index in [4.69, 9.17) is 15.2 Å². The first-order chi connectivity index (χ1) is 15.4. The van der Waals surface area contributed by atoms with Gasteiger partial charge in [-0.1, -0.05) is 18.2 Å². The minimum atomic E-state index is -0.806. The van der Waals surface area contributed by atoms with Crippen LogP contribution in [0, 0.1) is 28.4 Å². The van der Waals surface area contributed by atoms with Gasteiger partial charge in [0.2, 0.25) is 17.5 Å². The number of aromatic nitrogens is 2. The molecule has 2 heterocycles. The van der Waals surface area contributed by atoms with Crippen LogP contribution >= 0.6 is 0 Å². The molecular formula is C22H19N5O5. The molecule has 0 fully saturated rings. The minimum absolute atomic E-state index is 0.0614. The second kappa shape index (κ2) is 7.96. The average molecular weight is 433 g/mol. The van der Waals surface area contributed by atoms with Crippen LogP contribution < -0.4 is 15.2 Å². The number of hydrogen-bond donors (Lipinski definition) is 2. The number of nitro groups is 1. The summed E-state index contributed by atoms with van der Waals surface area (Å²) in [4.78, 5) is 10.9. The highest BCUT2D eigenvalue weighted by atomic mass is 16.6. The molecule has 0 amide bonds. The number of nitrogens with zero attached hydrogens (tertiary/aromatic N) is 4. The quantitative estimate of drug-likeness (QED) is 0.459. The number of aryl methyl sites for hydroxylation is 1. The fourth-order valence-electron chi connectivity index (χ4n) is 3.78. The van der Waals surface area contributed by atoms with Crippen molar-refractivity contribution < 1.29 is 19.5 Å². The summed E-state index contributed by atoms with van der Waals surface area (Å²) < 4.78 is 12.8. The largest absolute Gasteiger partial charge is 0.500 e. The van der Waals surface area contributed by atoms with Crippen molar-refractivity contribution in [2.24, 2.45) is 5.73 Å². The molecule has 0 bridgehead atoms. The summed E-state index contributed by atoms with van der Waals surface area (Å²) in [6, 6.07) is 14.0. The smallest absolute Gasteiger partial charge is 0.314 e. The summed E-state index contributed by atoms with van der Waals surface area (Å²) in [5.41, 5.74) is 7.80. The number of phenols is 1. The van der Waals surface area contributed by atoms with Gasteiger partial charge in [-0.15, -0.1) is 0 Å². The zero-order valence-corrected chi connectivity index (χ0v) is 17.3. The second-order valence-electron chi connectivity index (χ2n) is 7.05. The Kier molecular flexibility index (Phi) is 5.16. The highest BCUT2D eigenvalue weighted by Gasteiger charge is 2.37. The Hall–Kier alpha value is -4.52. The van der Waals surface area contributed by atoms with Crippen molar-refractivity contribution in [3.63, 3.8) is 0 Å². The molecule has 1 unspecified atom stereocenters. The summed E-state index contributed by atoms with van der Waals surface area (Å²) in [5.74, 6) is -1.27. The summed E-state index contributed by atoms with van der Waals surface area (Å²) >= 11 is 0. The van der Waals surface area contributed by atoms with E-state index < -0.39 is 22.3 Å². The molecule has 32 heavy (non-hydrogen) atoms. The van der Waals surface area contributed by atoms with Crippen LogP contribution in [0.15, 0.2) is 53.9 Å². The number of aromatic hydroxyl groups is 1. The van der Waals surface area contributed by atoms with Crippen LogP contribution in [-0.2, 0) is 0 Å². The van der Waals surface area contributed by atoms with Crippen molar-refractivity contribution >= 4 is 5.69 Å². The van der Waals surface area contributed by atoms with Crippen LogP contribution in [0.4, 0.5) is 5.69 Å². The first-order valence-corrected chi connectivity index (χ1v) is 9.74. The van der Waals surface area contributed by atoms with Gasteiger partial charge in [0.05, 0.1) is 34.4 Å². The Bertz CT molecular complexity index is 1290. The fraction of sp³-hybridized carbons (Fsp3) is 0.182. The number of rotatable bonds is 5. The van der Waals surface area contributed by atoms with Gasteiger partial charge in [0.15, 0.2) is 5.75 Å². The molecule has 10 heteroatoms. The highest BCUT2D eigenvalue weighted by molar-refractivity contribution is 5.63. The van der Waals surface area contributed by atoms with E-state index in [0.717, 1.165) is 5.69 Å². The number of phenolic OH excluding ortho intramolecular Hbond substituents is 1. The highest BCUT2D eigenvalue weighted by Crippen LogP contribution is 2.48. The molecule has 1 aliphatic rings. The third-order valence-electron chi connectivity index (χ3n) is 5.14. The predicted octanol–water partition coefficient (Wildman–Crippen LogP) is 3.41. The second-order valence-corrected chi connectivity index (χ2v) is 7.05. The number of fused-ring (bicyclic) bond motifs is 1. The Morgan fingerprint density at radius 3 is 2.72 bits per heavy atom. The van der Waals surface area contributed by atoms with Crippen molar-refractivity contribution in [3.05, 3.63) is 80.9 Å². The van der Waals surface area contributed by atoms with E-state index in [1.807, 2.05) is 30.3 Å². The number of ether oxygens (including phenoxy) is 2. The molecule has 1 aliphatic heterocycles. The van der Waals surface area contributed by atoms with Crippen molar-refractivity contribution in [2.75, 3.05) is 6.61 Å². The Labute approximate surface area is 182 Å². The molecule has 2 aromatic carbocycles. The van der Waals surface area contributed by atoms with E-state index in [0.29, 0.717) is 22.7 Å². The first-order valence-electron chi connectivity index (χ1n) is 9.74. The molecule has 0 saturated heterocycles. The van der Waals surface area contributed by atoms with Crippen LogP contribution in [0.1, 0.15) is 29.7 Å². The maximum Gasteiger partial charge on any atom is 0.314 e.